The molecular weight excluding hydrogens is 329 g/mol. The van der Waals surface area contributed by atoms with Gasteiger partial charge in [-0.05, 0) is 24.0 Å². The molecule has 0 aliphatic rings. The van der Waals surface area contributed by atoms with Gasteiger partial charge in [0.2, 0.25) is 10.0 Å². The van der Waals surface area contributed by atoms with Gasteiger partial charge < -0.3 is 5.11 Å². The maximum absolute atomic E-state index is 12.1. The van der Waals surface area contributed by atoms with Gasteiger partial charge in [0.1, 0.15) is 4.90 Å². The van der Waals surface area contributed by atoms with Crippen molar-refractivity contribution >= 4 is 45.0 Å². The van der Waals surface area contributed by atoms with Crippen LogP contribution < -0.4 is 4.72 Å². The van der Waals surface area contributed by atoms with Crippen LogP contribution in [0.5, 0.6) is 0 Å². The molecule has 1 aromatic carbocycles. The second-order valence-electron chi connectivity index (χ2n) is 3.93. The van der Waals surface area contributed by atoms with Crippen LogP contribution in [0.3, 0.4) is 0 Å². The molecule has 0 spiro atoms. The number of aliphatic hydroxyl groups is 1. The minimum Gasteiger partial charge on any atom is -0.392 e. The van der Waals surface area contributed by atoms with Crippen molar-refractivity contribution < 1.29 is 13.5 Å². The predicted octanol–water partition coefficient (Wildman–Crippen LogP) is 2.52. The fourth-order valence-corrected chi connectivity index (χ4v) is 3.63. The van der Waals surface area contributed by atoms with Gasteiger partial charge in [-0.1, -0.05) is 30.1 Å². The summed E-state index contributed by atoms with van der Waals surface area (Å²) in [6.45, 7) is 1.87. The van der Waals surface area contributed by atoms with Gasteiger partial charge in [0, 0.05) is 16.8 Å². The number of nitrogens with one attached hydrogen (secondary N) is 1. The third-order valence-corrected chi connectivity index (χ3v) is 5.74. The van der Waals surface area contributed by atoms with Crippen molar-refractivity contribution in [2.24, 2.45) is 0 Å². The lowest BCUT2D eigenvalue weighted by atomic mass is 10.2. The molecular formula is C11H15Cl2NO3S2. The van der Waals surface area contributed by atoms with Gasteiger partial charge in [0.25, 0.3) is 0 Å². The molecule has 4 nitrogen and oxygen atoms in total. The topological polar surface area (TPSA) is 66.4 Å². The molecule has 0 aliphatic heterocycles. The van der Waals surface area contributed by atoms with E-state index >= 15 is 0 Å². The lowest BCUT2D eigenvalue weighted by Gasteiger charge is -2.13. The largest absolute Gasteiger partial charge is 0.392 e. The molecule has 8 heteroatoms. The molecule has 0 bridgehead atoms. The first-order chi connectivity index (χ1) is 8.81. The molecule has 1 unspecified atom stereocenters. The minimum atomic E-state index is -3.71. The lowest BCUT2D eigenvalue weighted by molar-refractivity contribution is 0.281. The lowest BCUT2D eigenvalue weighted by Crippen LogP contribution is -2.29. The Balaban J connectivity index is 3.07. The summed E-state index contributed by atoms with van der Waals surface area (Å²) in [5.41, 5.74) is 0.323. The van der Waals surface area contributed by atoms with E-state index in [9.17, 15) is 8.42 Å². The van der Waals surface area contributed by atoms with Gasteiger partial charge in [-0.2, -0.15) is 11.8 Å². The summed E-state index contributed by atoms with van der Waals surface area (Å²) in [6.07, 6.45) is 1.90. The Morgan fingerprint density at radius 2 is 2.00 bits per heavy atom. The SMILES string of the molecule is CSC(C)CNS(=O)(=O)c1cc(CO)c(Cl)cc1Cl. The van der Waals surface area contributed by atoms with E-state index in [0.29, 0.717) is 12.1 Å². The summed E-state index contributed by atoms with van der Waals surface area (Å²) in [4.78, 5) is -0.0732. The summed E-state index contributed by atoms with van der Waals surface area (Å²) in [5.74, 6) is 0. The number of sulfonamides is 1. The first-order valence-electron chi connectivity index (χ1n) is 5.43. The second kappa shape index (κ2) is 7.15. The molecule has 0 saturated carbocycles. The normalized spacial score (nSPS) is 13.5. The Bertz CT molecular complexity index is 549. The quantitative estimate of drug-likeness (QED) is 0.832. The van der Waals surface area contributed by atoms with Crippen LogP contribution in [0.15, 0.2) is 17.0 Å². The van der Waals surface area contributed by atoms with E-state index < -0.39 is 10.0 Å². The molecule has 1 atom stereocenters. The van der Waals surface area contributed by atoms with Crippen LogP contribution >= 0.6 is 35.0 Å². The molecule has 2 N–H and O–H groups in total. The van der Waals surface area contributed by atoms with Crippen LogP contribution in [0, 0.1) is 0 Å². The number of thioether (sulfide) groups is 1. The van der Waals surface area contributed by atoms with E-state index in [1.54, 1.807) is 11.8 Å². The van der Waals surface area contributed by atoms with Crippen molar-refractivity contribution in [3.05, 3.63) is 27.7 Å². The van der Waals surface area contributed by atoms with Crippen LogP contribution in [0.25, 0.3) is 0 Å². The average molecular weight is 344 g/mol. The van der Waals surface area contributed by atoms with Gasteiger partial charge in [0.15, 0.2) is 0 Å². The molecule has 0 heterocycles. The average Bonchev–Trinajstić information content (AvgIpc) is 2.35. The molecule has 0 radical (unpaired) electrons. The number of hydrogen-bond acceptors (Lipinski definition) is 4. The fourth-order valence-electron chi connectivity index (χ4n) is 1.29. The second-order valence-corrected chi connectivity index (χ2v) is 7.76. The summed E-state index contributed by atoms with van der Waals surface area (Å²) in [6, 6.07) is 2.61. The summed E-state index contributed by atoms with van der Waals surface area (Å²) < 4.78 is 26.7. The number of aliphatic hydroxyl groups excluding tert-OH is 1. The van der Waals surface area contributed by atoms with Gasteiger partial charge >= 0.3 is 0 Å². The van der Waals surface area contributed by atoms with Crippen molar-refractivity contribution in [3.8, 4) is 0 Å². The van der Waals surface area contributed by atoms with Crippen molar-refractivity contribution in [2.75, 3.05) is 12.8 Å². The molecule has 0 amide bonds. The van der Waals surface area contributed by atoms with Gasteiger partial charge in [-0.25, -0.2) is 13.1 Å². The molecule has 0 aliphatic carbocycles. The zero-order valence-corrected chi connectivity index (χ0v) is 13.6. The molecule has 1 aromatic rings. The number of rotatable bonds is 6. The van der Waals surface area contributed by atoms with Gasteiger partial charge in [-0.15, -0.1) is 0 Å². The van der Waals surface area contributed by atoms with E-state index in [2.05, 4.69) is 4.72 Å². The van der Waals surface area contributed by atoms with Crippen LogP contribution in [0.2, 0.25) is 10.0 Å². The third kappa shape index (κ3) is 4.51. The van der Waals surface area contributed by atoms with Crippen LogP contribution in [0.1, 0.15) is 12.5 Å². The first kappa shape index (κ1) is 17.1. The van der Waals surface area contributed by atoms with Crippen molar-refractivity contribution in [1.29, 1.82) is 0 Å². The highest BCUT2D eigenvalue weighted by molar-refractivity contribution is 7.99. The van der Waals surface area contributed by atoms with E-state index in [1.807, 2.05) is 13.2 Å². The standard InChI is InChI=1S/C11H15Cl2NO3S2/c1-7(18-2)5-14-19(16,17)11-3-8(6-15)9(12)4-10(11)13/h3-4,7,14-15H,5-6H2,1-2H3. The number of benzene rings is 1. The molecule has 0 saturated heterocycles. The Morgan fingerprint density at radius 3 is 2.53 bits per heavy atom. The van der Waals surface area contributed by atoms with E-state index in [0.717, 1.165) is 0 Å². The van der Waals surface area contributed by atoms with Crippen molar-refractivity contribution in [1.82, 2.24) is 4.72 Å². The van der Waals surface area contributed by atoms with Crippen LogP contribution in [-0.4, -0.2) is 31.6 Å². The smallest absolute Gasteiger partial charge is 0.242 e. The Hall–Kier alpha value is 0.0200. The molecule has 19 heavy (non-hydrogen) atoms. The Kier molecular flexibility index (Phi) is 6.42. The van der Waals surface area contributed by atoms with Crippen LogP contribution in [-0.2, 0) is 16.6 Å². The molecule has 108 valence electrons. The minimum absolute atomic E-state index is 0.0338. The Morgan fingerprint density at radius 1 is 1.37 bits per heavy atom. The molecule has 0 fully saturated rings. The van der Waals surface area contributed by atoms with E-state index in [1.165, 1.54) is 12.1 Å². The summed E-state index contributed by atoms with van der Waals surface area (Å²) >= 11 is 13.3. The fraction of sp³-hybridized carbons (Fsp3) is 0.455. The zero-order chi connectivity index (χ0) is 14.6. The highest BCUT2D eigenvalue weighted by atomic mass is 35.5. The van der Waals surface area contributed by atoms with Gasteiger partial charge in [-0.3, -0.25) is 0 Å². The highest BCUT2D eigenvalue weighted by Gasteiger charge is 2.20. The van der Waals surface area contributed by atoms with Crippen molar-refractivity contribution in [3.63, 3.8) is 0 Å². The maximum atomic E-state index is 12.1. The first-order valence-corrected chi connectivity index (χ1v) is 8.95. The third-order valence-electron chi connectivity index (χ3n) is 2.52. The monoisotopic (exact) mass is 343 g/mol. The van der Waals surface area contributed by atoms with Gasteiger partial charge in [0.05, 0.1) is 11.6 Å². The zero-order valence-electron chi connectivity index (χ0n) is 10.5. The number of hydrogen-bond donors (Lipinski definition) is 2. The summed E-state index contributed by atoms with van der Waals surface area (Å²) in [5, 5.41) is 9.53. The molecule has 0 aromatic heterocycles. The summed E-state index contributed by atoms with van der Waals surface area (Å²) in [7, 11) is -3.71. The molecule has 1 rings (SSSR count). The van der Waals surface area contributed by atoms with Crippen LogP contribution in [0.4, 0.5) is 0 Å². The maximum Gasteiger partial charge on any atom is 0.242 e. The number of halogens is 2. The Labute approximate surface area is 127 Å². The van der Waals surface area contributed by atoms with E-state index in [4.69, 9.17) is 28.3 Å². The highest BCUT2D eigenvalue weighted by Crippen LogP contribution is 2.28. The van der Waals surface area contributed by atoms with Crippen molar-refractivity contribution in [2.45, 2.75) is 23.7 Å². The van der Waals surface area contributed by atoms with E-state index in [-0.39, 0.29) is 26.8 Å². The predicted molar refractivity (Wildman–Crippen MR) is 80.6 cm³/mol.